The normalized spacial score (nSPS) is 12.4. The van der Waals surface area contributed by atoms with Crippen molar-refractivity contribution in [1.29, 1.82) is 0 Å². The van der Waals surface area contributed by atoms with Crippen molar-refractivity contribution in [2.24, 2.45) is 0 Å². The van der Waals surface area contributed by atoms with Crippen LogP contribution in [0.3, 0.4) is 0 Å². The van der Waals surface area contributed by atoms with Gasteiger partial charge in [-0.3, -0.25) is 9.59 Å². The van der Waals surface area contributed by atoms with Gasteiger partial charge in [-0.15, -0.1) is 24.1 Å². The SMILES string of the molecule is C.C=CC(=O)Cl.C=CC(=O)O.C=CCOCC(F)(F)OC(F)(F)OC(F)(F)C(F)(F)OC=C(F)F.CCN(CC)CC.O=CC(F)(F)OC(F)(F)C(F)(F)OC(F)(F)OC(F)(F)CO. The number of carbonyl (C=O) groups is 3. The average molecular weight is 1020 g/mol. The van der Waals surface area contributed by atoms with Crippen LogP contribution >= 0.6 is 11.6 Å². The Kier molecular flexibility index (Phi) is 34.9. The molecule has 0 heterocycles. The Hall–Kier alpha value is -3.86. The molecule has 34 heteroatoms. The number of allylic oxidation sites excluding steroid dienone is 1. The van der Waals surface area contributed by atoms with Gasteiger partial charge in [0.15, 0.2) is 6.26 Å². The van der Waals surface area contributed by atoms with E-state index in [0.717, 1.165) is 18.2 Å². The van der Waals surface area contributed by atoms with Crippen molar-refractivity contribution < 1.29 is 146 Å². The van der Waals surface area contributed by atoms with E-state index in [0.29, 0.717) is 0 Å². The number of hydrogen-bond acceptors (Lipinski definition) is 12. The van der Waals surface area contributed by atoms with Gasteiger partial charge in [0.05, 0.1) is 6.61 Å². The second kappa shape index (κ2) is 31.1. The molecule has 0 radical (unpaired) electrons. The first-order valence-electron chi connectivity index (χ1n) is 15.3. The van der Waals surface area contributed by atoms with E-state index < -0.39 is 105 Å². The Labute approximate surface area is 353 Å². The molecule has 0 rings (SSSR count). The molecule has 0 fully saturated rings. The number of rotatable bonds is 25. The first-order chi connectivity index (χ1) is 28.0. The fourth-order valence-electron chi connectivity index (χ4n) is 2.24. The smallest absolute Gasteiger partial charge is 0.478 e. The summed E-state index contributed by atoms with van der Waals surface area (Å²) in [5, 5.41) is 14.9. The number of aldehydes is 1. The lowest BCUT2D eigenvalue weighted by Gasteiger charge is -2.30. The van der Waals surface area contributed by atoms with Crippen LogP contribution in [0.2, 0.25) is 0 Å². The molecule has 0 aliphatic carbocycles. The molecule has 0 aliphatic heterocycles. The number of aliphatic hydroxyl groups is 1. The zero-order valence-electron chi connectivity index (χ0n) is 31.6. The summed E-state index contributed by atoms with van der Waals surface area (Å²) >= 11 is 4.71. The Morgan fingerprint density at radius 1 is 0.641 bits per heavy atom. The fraction of sp³-hybridized carbons (Fsp3) is 0.633. The van der Waals surface area contributed by atoms with Crippen molar-refractivity contribution in [2.75, 3.05) is 39.5 Å². The lowest BCUT2D eigenvalue weighted by atomic mass is 10.5. The van der Waals surface area contributed by atoms with E-state index in [1.54, 1.807) is 0 Å². The molecule has 0 aromatic carbocycles. The van der Waals surface area contributed by atoms with Crippen LogP contribution in [0.25, 0.3) is 0 Å². The molecule has 382 valence electrons. The van der Waals surface area contributed by atoms with E-state index in [2.05, 4.69) is 69.1 Å². The molecule has 0 bridgehead atoms. The molecule has 0 aromatic heterocycles. The minimum atomic E-state index is -6.63. The molecule has 0 spiro atoms. The van der Waals surface area contributed by atoms with Crippen molar-refractivity contribution in [3.05, 3.63) is 50.3 Å². The van der Waals surface area contributed by atoms with E-state index in [4.69, 9.17) is 21.8 Å². The standard InChI is InChI=1S/C10H8F10O4.C7H4F10O5.C6H15N.C3H3ClO.C3H4O2.CH4/c1-2-3-21-5-7(13,14)23-10(19,20)24-9(17,18)8(15,16)22-4-6(11)12;8-3(9,1-18)20-5(12,13)6(14,15)22-7(16,17)21-4(10,11)2-19;1-4-7(5-2)6-3;2*1-2-3(4)5;/h2,4H,1,3,5H2;1,19H,2H2;4-6H2,1-3H3;2H,1H2;2H,1H2,(H,4,5);1H4. The number of carboxylic acid groups (broad SMARTS) is 1. The maximum Gasteiger partial charge on any atom is 0.495 e. The largest absolute Gasteiger partial charge is 0.495 e. The van der Waals surface area contributed by atoms with Crippen molar-refractivity contribution in [3.8, 4) is 0 Å². The van der Waals surface area contributed by atoms with E-state index in [1.165, 1.54) is 19.6 Å². The van der Waals surface area contributed by atoms with Crippen molar-refractivity contribution in [2.45, 2.75) is 83.5 Å². The molecule has 0 unspecified atom stereocenters. The van der Waals surface area contributed by atoms with E-state index in [9.17, 15) is 102 Å². The summed E-state index contributed by atoms with van der Waals surface area (Å²) in [5.41, 5.74) is 0. The molecule has 13 nitrogen and oxygen atoms in total. The number of carbonyl (C=O) groups excluding carboxylic acids is 2. The van der Waals surface area contributed by atoms with Crippen LogP contribution in [-0.2, 0) is 47.5 Å². The Balaban J connectivity index is -0.000000191. The van der Waals surface area contributed by atoms with Gasteiger partial charge in [-0.25, -0.2) is 28.5 Å². The van der Waals surface area contributed by atoms with Crippen LogP contribution in [0.5, 0.6) is 0 Å². The highest BCUT2D eigenvalue weighted by Crippen LogP contribution is 2.45. The number of carboxylic acids is 1. The van der Waals surface area contributed by atoms with Gasteiger partial charge < -0.3 is 24.6 Å². The van der Waals surface area contributed by atoms with Crippen molar-refractivity contribution in [1.82, 2.24) is 4.90 Å². The highest BCUT2D eigenvalue weighted by Gasteiger charge is 2.69. The Morgan fingerprint density at radius 2 is 0.984 bits per heavy atom. The van der Waals surface area contributed by atoms with Crippen LogP contribution in [0, 0.1) is 0 Å². The van der Waals surface area contributed by atoms with Crippen LogP contribution < -0.4 is 0 Å². The maximum atomic E-state index is 12.9. The predicted octanol–water partition coefficient (Wildman–Crippen LogP) is 9.63. The highest BCUT2D eigenvalue weighted by molar-refractivity contribution is 6.66. The predicted molar refractivity (Wildman–Crippen MR) is 175 cm³/mol. The van der Waals surface area contributed by atoms with Crippen molar-refractivity contribution >= 4 is 29.1 Å². The summed E-state index contributed by atoms with van der Waals surface area (Å²) < 4.78 is 267. The van der Waals surface area contributed by atoms with Gasteiger partial charge in [0.25, 0.3) is 0 Å². The van der Waals surface area contributed by atoms with Crippen LogP contribution in [0.1, 0.15) is 28.2 Å². The summed E-state index contributed by atoms with van der Waals surface area (Å²) in [7, 11) is 0. The average Bonchev–Trinajstić information content (AvgIpc) is 3.10. The fourth-order valence-corrected chi connectivity index (χ4v) is 2.24. The van der Waals surface area contributed by atoms with Crippen LogP contribution in [0.4, 0.5) is 87.8 Å². The number of halogens is 21. The topological polar surface area (TPSA) is 160 Å². The molecular formula is C30H38ClF20NO12. The van der Waals surface area contributed by atoms with Gasteiger partial charge >= 0.3 is 67.4 Å². The molecule has 0 atom stereocenters. The van der Waals surface area contributed by atoms with E-state index in [-0.39, 0.29) is 7.43 Å². The molecule has 0 saturated heterocycles. The van der Waals surface area contributed by atoms with Gasteiger partial charge in [-0.05, 0) is 37.3 Å². The Morgan fingerprint density at radius 3 is 1.25 bits per heavy atom. The third kappa shape index (κ3) is 36.5. The number of alkyl halides is 18. The third-order valence-corrected chi connectivity index (χ3v) is 4.93. The Bertz CT molecular complexity index is 1380. The quantitative estimate of drug-likeness (QED) is 0.0130. The summed E-state index contributed by atoms with van der Waals surface area (Å²) in [6.07, 6.45) is -56.4. The highest BCUT2D eigenvalue weighted by atomic mass is 35.5. The zero-order valence-corrected chi connectivity index (χ0v) is 32.4. The molecule has 64 heavy (non-hydrogen) atoms. The summed E-state index contributed by atoms with van der Waals surface area (Å²) in [6, 6.07) is 0. The van der Waals surface area contributed by atoms with Gasteiger partial charge in [0.1, 0.15) is 13.2 Å². The minimum Gasteiger partial charge on any atom is -0.478 e. The van der Waals surface area contributed by atoms with Gasteiger partial charge in [-0.2, -0.15) is 70.2 Å². The van der Waals surface area contributed by atoms with E-state index in [1.807, 2.05) is 9.47 Å². The van der Waals surface area contributed by atoms with Gasteiger partial charge in [0, 0.05) is 6.08 Å². The van der Waals surface area contributed by atoms with Gasteiger partial charge in [-0.1, -0.05) is 47.4 Å². The van der Waals surface area contributed by atoms with Gasteiger partial charge in [0.2, 0.25) is 11.5 Å². The summed E-state index contributed by atoms with van der Waals surface area (Å²) in [5.74, 6) is -0.981. The van der Waals surface area contributed by atoms with Crippen LogP contribution in [-0.4, -0.2) is 127 Å². The summed E-state index contributed by atoms with van der Waals surface area (Å²) in [4.78, 5) is 30.6. The number of aliphatic hydroxyl groups excluding tert-OH is 1. The maximum absolute atomic E-state index is 12.9. The lowest BCUT2D eigenvalue weighted by Crippen LogP contribution is -2.53. The third-order valence-electron chi connectivity index (χ3n) is 4.77. The minimum absolute atomic E-state index is 0. The van der Waals surface area contributed by atoms with E-state index >= 15 is 0 Å². The first-order valence-corrected chi connectivity index (χ1v) is 15.7. The number of ether oxygens (including phenoxy) is 7. The molecule has 0 aromatic rings. The molecule has 0 aliphatic rings. The number of aliphatic carboxylic acids is 1. The van der Waals surface area contributed by atoms with Crippen molar-refractivity contribution in [3.63, 3.8) is 0 Å². The molecular weight excluding hydrogens is 982 g/mol. The number of nitrogens with zero attached hydrogens (tertiary/aromatic N) is 1. The molecule has 0 amide bonds. The summed E-state index contributed by atoms with van der Waals surface area (Å²) in [6.45, 7) is 14.3. The second-order valence-electron chi connectivity index (χ2n) is 9.62. The molecule has 2 N–H and O–H groups in total. The lowest BCUT2D eigenvalue weighted by molar-refractivity contribution is -0.563. The first kappa shape index (κ1) is 71.8. The van der Waals surface area contributed by atoms with Crippen LogP contribution in [0.15, 0.2) is 50.3 Å². The second-order valence-corrected chi connectivity index (χ2v) is 9.99. The monoisotopic (exact) mass is 1020 g/mol. The number of hydrogen-bond donors (Lipinski definition) is 2. The zero-order chi connectivity index (χ0) is 51.5. The molecule has 0 saturated carbocycles.